The molecule has 10 heteroatoms. The molecule has 1 aromatic heterocycles. The van der Waals surface area contributed by atoms with Crippen LogP contribution in [0.25, 0.3) is 10.9 Å². The molecule has 29 heavy (non-hydrogen) atoms. The molecule has 0 radical (unpaired) electrons. The molecule has 0 aliphatic rings. The zero-order chi connectivity index (χ0) is 21.1. The van der Waals surface area contributed by atoms with Crippen LogP contribution in [0.3, 0.4) is 0 Å². The van der Waals surface area contributed by atoms with E-state index < -0.39 is 4.92 Å². The number of rotatable bonds is 6. The van der Waals surface area contributed by atoms with Crippen molar-refractivity contribution in [1.29, 1.82) is 0 Å². The van der Waals surface area contributed by atoms with Crippen molar-refractivity contribution in [1.82, 2.24) is 10.2 Å². The van der Waals surface area contributed by atoms with E-state index in [-0.39, 0.29) is 11.6 Å². The van der Waals surface area contributed by atoms with Crippen LogP contribution in [-0.4, -0.2) is 41.8 Å². The summed E-state index contributed by atoms with van der Waals surface area (Å²) >= 11 is 2.06. The fourth-order valence-electron chi connectivity index (χ4n) is 2.95. The fraction of sp³-hybridized carbons (Fsp3) is 0.211. The molecule has 0 unspecified atom stereocenters. The van der Waals surface area contributed by atoms with Gasteiger partial charge in [0, 0.05) is 27.6 Å². The van der Waals surface area contributed by atoms with E-state index in [9.17, 15) is 14.9 Å². The average molecular weight is 508 g/mol. The molecule has 0 aliphatic heterocycles. The number of carbonyl (C=O) groups is 1. The van der Waals surface area contributed by atoms with Gasteiger partial charge in [0.2, 0.25) is 0 Å². The lowest BCUT2D eigenvalue weighted by Crippen LogP contribution is -2.31. The van der Waals surface area contributed by atoms with Crippen LogP contribution in [0.15, 0.2) is 36.5 Å². The largest absolute Gasteiger partial charge is 0.493 e. The first-order valence-electron chi connectivity index (χ1n) is 8.54. The van der Waals surface area contributed by atoms with E-state index in [4.69, 9.17) is 9.47 Å². The molecular formula is C19H17IN4O5. The summed E-state index contributed by atoms with van der Waals surface area (Å²) in [6.45, 7) is 2.14. The Morgan fingerprint density at radius 2 is 1.90 bits per heavy atom. The van der Waals surface area contributed by atoms with Crippen molar-refractivity contribution in [3.63, 3.8) is 0 Å². The molecule has 0 fully saturated rings. The van der Waals surface area contributed by atoms with E-state index in [0.717, 1.165) is 0 Å². The Morgan fingerprint density at radius 3 is 2.52 bits per heavy atom. The number of ether oxygens (including phenoxy) is 2. The molecule has 1 amide bonds. The molecule has 0 saturated heterocycles. The van der Waals surface area contributed by atoms with E-state index in [1.807, 2.05) is 6.92 Å². The number of benzene rings is 2. The second-order valence-electron chi connectivity index (χ2n) is 5.92. The van der Waals surface area contributed by atoms with Crippen LogP contribution in [0, 0.1) is 13.7 Å². The first-order valence-corrected chi connectivity index (χ1v) is 9.62. The first-order chi connectivity index (χ1) is 13.9. The Hall–Kier alpha value is -3.02. The third-order valence-corrected chi connectivity index (χ3v) is 5.26. The molecule has 3 rings (SSSR count). The van der Waals surface area contributed by atoms with Gasteiger partial charge in [-0.3, -0.25) is 14.9 Å². The van der Waals surface area contributed by atoms with E-state index in [1.165, 1.54) is 43.5 Å². The molecule has 0 aliphatic carbocycles. The summed E-state index contributed by atoms with van der Waals surface area (Å²) in [4.78, 5) is 25.6. The Labute approximate surface area is 179 Å². The van der Waals surface area contributed by atoms with Crippen LogP contribution in [0.2, 0.25) is 0 Å². The van der Waals surface area contributed by atoms with Crippen molar-refractivity contribution in [3.8, 4) is 11.5 Å². The number of hydrogen-bond donors (Lipinski definition) is 0. The highest BCUT2D eigenvalue weighted by atomic mass is 127. The summed E-state index contributed by atoms with van der Waals surface area (Å²) in [5.41, 5.74) is 1.23. The molecule has 1 heterocycles. The molecule has 0 bridgehead atoms. The van der Waals surface area contributed by atoms with Crippen LogP contribution in [0.1, 0.15) is 17.3 Å². The predicted octanol–water partition coefficient (Wildman–Crippen LogP) is 3.83. The number of anilines is 1. The van der Waals surface area contributed by atoms with E-state index in [1.54, 1.807) is 12.1 Å². The van der Waals surface area contributed by atoms with Crippen LogP contribution < -0.4 is 14.4 Å². The fourth-order valence-corrected chi connectivity index (χ4v) is 3.62. The molecule has 0 N–H and O–H groups in total. The molecule has 150 valence electrons. The standard InChI is InChI=1S/C19H17IN4O5/c1-4-23(19(25)12-8-17(28-2)18(29-3)9-14(12)20)16-10-21-22-15-6-5-11(24(26)27)7-13(15)16/h5-10H,4H2,1-3H3. The minimum Gasteiger partial charge on any atom is -0.493 e. The topological polar surface area (TPSA) is 108 Å². The van der Waals surface area contributed by atoms with Gasteiger partial charge in [-0.25, -0.2) is 0 Å². The second kappa shape index (κ2) is 8.55. The maximum atomic E-state index is 13.4. The van der Waals surface area contributed by atoms with Gasteiger partial charge in [-0.05, 0) is 47.7 Å². The highest BCUT2D eigenvalue weighted by Gasteiger charge is 2.24. The number of aromatic nitrogens is 2. The number of nitro benzene ring substituents is 1. The number of hydrogen-bond acceptors (Lipinski definition) is 7. The minimum atomic E-state index is -0.487. The number of fused-ring (bicyclic) bond motifs is 1. The van der Waals surface area contributed by atoms with Gasteiger partial charge in [0.1, 0.15) is 0 Å². The lowest BCUT2D eigenvalue weighted by Gasteiger charge is -2.23. The van der Waals surface area contributed by atoms with E-state index >= 15 is 0 Å². The summed E-state index contributed by atoms with van der Waals surface area (Å²) in [6.07, 6.45) is 1.43. The van der Waals surface area contributed by atoms with E-state index in [2.05, 4.69) is 32.8 Å². The number of non-ortho nitro benzene ring substituents is 1. The third-order valence-electron chi connectivity index (χ3n) is 4.37. The molecular weight excluding hydrogens is 491 g/mol. The van der Waals surface area contributed by atoms with Gasteiger partial charge in [0.05, 0.1) is 42.1 Å². The molecule has 2 aromatic carbocycles. The van der Waals surface area contributed by atoms with Gasteiger partial charge in [0.25, 0.3) is 11.6 Å². The van der Waals surface area contributed by atoms with Crippen molar-refractivity contribution in [2.24, 2.45) is 0 Å². The lowest BCUT2D eigenvalue weighted by atomic mass is 10.1. The van der Waals surface area contributed by atoms with Gasteiger partial charge < -0.3 is 14.4 Å². The van der Waals surface area contributed by atoms with Crippen molar-refractivity contribution in [2.45, 2.75) is 6.92 Å². The predicted molar refractivity (Wildman–Crippen MR) is 116 cm³/mol. The smallest absolute Gasteiger partial charge is 0.270 e. The maximum Gasteiger partial charge on any atom is 0.270 e. The van der Waals surface area contributed by atoms with Crippen LogP contribution >= 0.6 is 22.6 Å². The Bertz CT molecular complexity index is 1110. The van der Waals surface area contributed by atoms with Crippen LogP contribution in [0.4, 0.5) is 11.4 Å². The summed E-state index contributed by atoms with van der Waals surface area (Å²) in [7, 11) is 3.02. The number of halogens is 1. The number of amides is 1. The van der Waals surface area contributed by atoms with Gasteiger partial charge in [-0.1, -0.05) is 0 Å². The van der Waals surface area contributed by atoms with Gasteiger partial charge in [-0.2, -0.15) is 10.2 Å². The molecule has 3 aromatic rings. The summed E-state index contributed by atoms with van der Waals surface area (Å²) in [5.74, 6) is 0.655. The molecule has 9 nitrogen and oxygen atoms in total. The highest BCUT2D eigenvalue weighted by Crippen LogP contribution is 2.34. The summed E-state index contributed by atoms with van der Waals surface area (Å²) in [5, 5.41) is 19.6. The Balaban J connectivity index is 2.14. The number of carbonyl (C=O) groups excluding carboxylic acids is 1. The number of nitrogens with zero attached hydrogens (tertiary/aromatic N) is 4. The summed E-state index contributed by atoms with van der Waals surface area (Å²) in [6, 6.07) is 7.60. The zero-order valence-corrected chi connectivity index (χ0v) is 18.0. The average Bonchev–Trinajstić information content (AvgIpc) is 2.73. The quantitative estimate of drug-likeness (QED) is 0.283. The van der Waals surface area contributed by atoms with Crippen molar-refractivity contribution in [2.75, 3.05) is 25.7 Å². The molecule has 0 spiro atoms. The SMILES string of the molecule is CCN(C(=O)c1cc(OC)c(OC)cc1I)c1cnnc2ccc([N+](=O)[O-])cc12. The highest BCUT2D eigenvalue weighted by molar-refractivity contribution is 14.1. The minimum absolute atomic E-state index is 0.0871. The van der Waals surface area contributed by atoms with Crippen LogP contribution in [-0.2, 0) is 0 Å². The zero-order valence-electron chi connectivity index (χ0n) is 15.9. The van der Waals surface area contributed by atoms with Gasteiger partial charge >= 0.3 is 0 Å². The lowest BCUT2D eigenvalue weighted by molar-refractivity contribution is -0.384. The van der Waals surface area contributed by atoms with Crippen molar-refractivity contribution >= 4 is 50.8 Å². The number of nitro groups is 1. The third kappa shape index (κ3) is 3.92. The normalized spacial score (nSPS) is 10.6. The Morgan fingerprint density at radius 1 is 1.21 bits per heavy atom. The number of methoxy groups -OCH3 is 2. The monoisotopic (exact) mass is 508 g/mol. The van der Waals surface area contributed by atoms with Gasteiger partial charge in [-0.15, -0.1) is 0 Å². The summed E-state index contributed by atoms with van der Waals surface area (Å²) < 4.78 is 11.3. The second-order valence-corrected chi connectivity index (χ2v) is 7.09. The first kappa shape index (κ1) is 20.7. The van der Waals surface area contributed by atoms with Crippen molar-refractivity contribution < 1.29 is 19.2 Å². The van der Waals surface area contributed by atoms with Gasteiger partial charge in [0.15, 0.2) is 11.5 Å². The Kier molecular flexibility index (Phi) is 6.11. The molecule has 0 atom stereocenters. The van der Waals surface area contributed by atoms with Crippen molar-refractivity contribution in [3.05, 3.63) is 55.8 Å². The maximum absolute atomic E-state index is 13.4. The van der Waals surface area contributed by atoms with E-state index in [0.29, 0.717) is 43.8 Å². The van der Waals surface area contributed by atoms with Crippen LogP contribution in [0.5, 0.6) is 11.5 Å². The molecule has 0 saturated carbocycles.